The first-order valence-corrected chi connectivity index (χ1v) is 7.82. The Morgan fingerprint density at radius 1 is 1.19 bits per heavy atom. The summed E-state index contributed by atoms with van der Waals surface area (Å²) in [7, 11) is -3.91. The molecule has 6 nitrogen and oxygen atoms in total. The highest BCUT2D eigenvalue weighted by Crippen LogP contribution is 2.25. The van der Waals surface area contributed by atoms with Gasteiger partial charge in [0.2, 0.25) is 10.0 Å². The Hall–Kier alpha value is -1.67. The zero-order chi connectivity index (χ0) is 15.6. The Balaban J connectivity index is 2.27. The number of benzene rings is 1. The summed E-state index contributed by atoms with van der Waals surface area (Å²) in [6.07, 6.45) is 2.77. The molecule has 2 aromatic rings. The number of aromatic nitrogens is 1. The summed E-state index contributed by atoms with van der Waals surface area (Å²) in [6.45, 7) is 0. The summed E-state index contributed by atoms with van der Waals surface area (Å²) < 4.78 is 22.5. The van der Waals surface area contributed by atoms with Crippen molar-refractivity contribution in [2.24, 2.45) is 5.14 Å². The molecule has 1 heterocycles. The molecule has 0 bridgehead atoms. The fraction of sp³-hybridized carbons (Fsp3) is 0. The number of carbonyl (C=O) groups excluding carboxylic acids is 1. The number of hydrogen-bond acceptors (Lipinski definition) is 4. The van der Waals surface area contributed by atoms with E-state index in [1.165, 1.54) is 36.7 Å². The molecule has 0 spiro atoms. The fourth-order valence-electron chi connectivity index (χ4n) is 1.57. The summed E-state index contributed by atoms with van der Waals surface area (Å²) in [5.41, 5.74) is 0.545. The predicted molar refractivity (Wildman–Crippen MR) is 80.0 cm³/mol. The molecule has 2 rings (SSSR count). The summed E-state index contributed by atoms with van der Waals surface area (Å²) in [5, 5.41) is 7.65. The SMILES string of the molecule is NS(=O)(=O)c1ccc(NC(=O)c2ccncc2Cl)cc1Cl. The van der Waals surface area contributed by atoms with E-state index in [9.17, 15) is 13.2 Å². The van der Waals surface area contributed by atoms with Crippen molar-refractivity contribution in [3.8, 4) is 0 Å². The third-order valence-corrected chi connectivity index (χ3v) is 4.21. The minimum absolute atomic E-state index is 0.0869. The summed E-state index contributed by atoms with van der Waals surface area (Å²) >= 11 is 11.7. The van der Waals surface area contributed by atoms with Crippen LogP contribution >= 0.6 is 23.2 Å². The molecule has 1 aromatic carbocycles. The monoisotopic (exact) mass is 345 g/mol. The molecule has 0 atom stereocenters. The van der Waals surface area contributed by atoms with Gasteiger partial charge in [-0.25, -0.2) is 13.6 Å². The Morgan fingerprint density at radius 2 is 1.90 bits per heavy atom. The van der Waals surface area contributed by atoms with E-state index < -0.39 is 15.9 Å². The van der Waals surface area contributed by atoms with Crippen LogP contribution in [0.25, 0.3) is 0 Å². The highest BCUT2D eigenvalue weighted by atomic mass is 35.5. The summed E-state index contributed by atoms with van der Waals surface area (Å²) in [5.74, 6) is -0.471. The van der Waals surface area contributed by atoms with Gasteiger partial charge in [-0.1, -0.05) is 23.2 Å². The van der Waals surface area contributed by atoms with Crippen LogP contribution in [0.15, 0.2) is 41.6 Å². The normalized spacial score (nSPS) is 11.2. The second-order valence-corrected chi connectivity index (χ2v) is 6.34. The number of sulfonamides is 1. The lowest BCUT2D eigenvalue weighted by Crippen LogP contribution is -2.14. The van der Waals surface area contributed by atoms with Crippen LogP contribution in [0.1, 0.15) is 10.4 Å². The van der Waals surface area contributed by atoms with Crippen LogP contribution < -0.4 is 10.5 Å². The van der Waals surface area contributed by atoms with Crippen molar-refractivity contribution in [3.63, 3.8) is 0 Å². The number of nitrogens with zero attached hydrogens (tertiary/aromatic N) is 1. The van der Waals surface area contributed by atoms with Crippen molar-refractivity contribution in [1.29, 1.82) is 0 Å². The van der Waals surface area contributed by atoms with Gasteiger partial charge in [-0.2, -0.15) is 0 Å². The molecular weight excluding hydrogens is 337 g/mol. The van der Waals surface area contributed by atoms with Gasteiger partial charge in [-0.05, 0) is 24.3 Å². The van der Waals surface area contributed by atoms with Gasteiger partial charge in [0.15, 0.2) is 0 Å². The van der Waals surface area contributed by atoms with Crippen molar-refractivity contribution < 1.29 is 13.2 Å². The van der Waals surface area contributed by atoms with Gasteiger partial charge in [0.25, 0.3) is 5.91 Å². The minimum Gasteiger partial charge on any atom is -0.322 e. The molecule has 0 aliphatic carbocycles. The maximum atomic E-state index is 12.0. The van der Waals surface area contributed by atoms with E-state index in [2.05, 4.69) is 10.3 Å². The Labute approximate surface area is 130 Å². The molecule has 3 N–H and O–H groups in total. The van der Waals surface area contributed by atoms with Gasteiger partial charge in [0, 0.05) is 18.1 Å². The van der Waals surface area contributed by atoms with Crippen LogP contribution in [0.3, 0.4) is 0 Å². The second-order valence-electron chi connectivity index (χ2n) is 4.00. The molecule has 0 saturated carbocycles. The predicted octanol–water partition coefficient (Wildman–Crippen LogP) is 2.29. The van der Waals surface area contributed by atoms with E-state index in [-0.39, 0.29) is 20.5 Å². The molecule has 0 unspecified atom stereocenters. The lowest BCUT2D eigenvalue weighted by Gasteiger charge is -2.08. The molecule has 0 fully saturated rings. The van der Waals surface area contributed by atoms with Crippen molar-refractivity contribution in [1.82, 2.24) is 4.98 Å². The zero-order valence-electron chi connectivity index (χ0n) is 10.4. The fourth-order valence-corrected chi connectivity index (χ4v) is 2.86. The Kier molecular flexibility index (Phi) is 4.48. The lowest BCUT2D eigenvalue weighted by molar-refractivity contribution is 0.102. The first-order chi connectivity index (χ1) is 9.79. The Morgan fingerprint density at radius 3 is 2.48 bits per heavy atom. The highest BCUT2D eigenvalue weighted by Gasteiger charge is 2.15. The maximum Gasteiger partial charge on any atom is 0.257 e. The van der Waals surface area contributed by atoms with Gasteiger partial charge in [0.1, 0.15) is 4.90 Å². The third-order valence-electron chi connectivity index (χ3n) is 2.51. The van der Waals surface area contributed by atoms with Gasteiger partial charge in [-0.15, -0.1) is 0 Å². The zero-order valence-corrected chi connectivity index (χ0v) is 12.7. The molecule has 0 radical (unpaired) electrons. The first-order valence-electron chi connectivity index (χ1n) is 5.52. The number of primary sulfonamides is 1. The van der Waals surface area contributed by atoms with Crippen LogP contribution in [-0.4, -0.2) is 19.3 Å². The lowest BCUT2D eigenvalue weighted by atomic mass is 10.2. The number of nitrogens with two attached hydrogens (primary N) is 1. The summed E-state index contributed by atoms with van der Waals surface area (Å²) in [6, 6.07) is 5.33. The van der Waals surface area contributed by atoms with Gasteiger partial charge >= 0.3 is 0 Å². The number of hydrogen-bond donors (Lipinski definition) is 2. The number of carbonyl (C=O) groups is 1. The highest BCUT2D eigenvalue weighted by molar-refractivity contribution is 7.89. The molecule has 0 aliphatic rings. The number of anilines is 1. The molecular formula is C12H9Cl2N3O3S. The number of halogens is 2. The van der Waals surface area contributed by atoms with E-state index >= 15 is 0 Å². The van der Waals surface area contributed by atoms with Gasteiger partial charge in [0.05, 0.1) is 15.6 Å². The molecule has 9 heteroatoms. The minimum atomic E-state index is -3.91. The van der Waals surface area contributed by atoms with Crippen LogP contribution in [0, 0.1) is 0 Å². The number of nitrogens with one attached hydrogen (secondary N) is 1. The average molecular weight is 346 g/mol. The van der Waals surface area contributed by atoms with Crippen molar-refractivity contribution in [3.05, 3.63) is 52.3 Å². The van der Waals surface area contributed by atoms with E-state index in [0.29, 0.717) is 5.69 Å². The number of rotatable bonds is 3. The molecule has 0 aliphatic heterocycles. The van der Waals surface area contributed by atoms with Crippen molar-refractivity contribution in [2.75, 3.05) is 5.32 Å². The van der Waals surface area contributed by atoms with E-state index in [0.717, 1.165) is 0 Å². The third kappa shape index (κ3) is 3.70. The van der Waals surface area contributed by atoms with Crippen LogP contribution in [0.2, 0.25) is 10.0 Å². The second kappa shape index (κ2) is 5.98. The maximum absolute atomic E-state index is 12.0. The van der Waals surface area contributed by atoms with Gasteiger partial charge < -0.3 is 5.32 Å². The van der Waals surface area contributed by atoms with Crippen molar-refractivity contribution >= 4 is 44.8 Å². The average Bonchev–Trinajstić information content (AvgIpc) is 2.37. The Bertz CT molecular complexity index is 809. The van der Waals surface area contributed by atoms with E-state index in [4.69, 9.17) is 28.3 Å². The van der Waals surface area contributed by atoms with Crippen LogP contribution in [-0.2, 0) is 10.0 Å². The van der Waals surface area contributed by atoms with Crippen molar-refractivity contribution in [2.45, 2.75) is 4.90 Å². The standard InChI is InChI=1S/C12H9Cl2N3O3S/c13-9-5-7(1-2-11(9)21(15,19)20)17-12(18)8-3-4-16-6-10(8)14/h1-6H,(H,17,18)(H2,15,19,20). The summed E-state index contributed by atoms with van der Waals surface area (Å²) in [4.78, 5) is 15.6. The van der Waals surface area contributed by atoms with Crippen LogP contribution in [0.4, 0.5) is 5.69 Å². The smallest absolute Gasteiger partial charge is 0.257 e. The number of amides is 1. The van der Waals surface area contributed by atoms with Gasteiger partial charge in [-0.3, -0.25) is 9.78 Å². The number of pyridine rings is 1. The molecule has 1 amide bonds. The molecule has 1 aromatic heterocycles. The first kappa shape index (κ1) is 15.7. The largest absolute Gasteiger partial charge is 0.322 e. The molecule has 110 valence electrons. The topological polar surface area (TPSA) is 102 Å². The van der Waals surface area contributed by atoms with E-state index in [1.807, 2.05) is 0 Å². The van der Waals surface area contributed by atoms with Crippen LogP contribution in [0.5, 0.6) is 0 Å². The van der Waals surface area contributed by atoms with E-state index in [1.54, 1.807) is 0 Å². The molecule has 0 saturated heterocycles. The molecule has 21 heavy (non-hydrogen) atoms. The quantitative estimate of drug-likeness (QED) is 0.890.